The Kier molecular flexibility index (Phi) is 5.50. The van der Waals surface area contributed by atoms with Crippen molar-refractivity contribution >= 4 is 11.2 Å². The molecule has 5 rings (SSSR count). The highest BCUT2D eigenvalue weighted by Crippen LogP contribution is 2.25. The van der Waals surface area contributed by atoms with Gasteiger partial charge in [-0.3, -0.25) is 9.36 Å². The number of fused-ring (bicyclic) bond motifs is 1. The van der Waals surface area contributed by atoms with Gasteiger partial charge >= 0.3 is 5.69 Å². The monoisotopic (exact) mass is 444 g/mol. The molecule has 1 saturated heterocycles. The molecule has 0 N–H and O–H groups in total. The number of rotatable bonds is 5. The summed E-state index contributed by atoms with van der Waals surface area (Å²) < 4.78 is 10.6. The van der Waals surface area contributed by atoms with Crippen molar-refractivity contribution in [1.82, 2.24) is 18.7 Å². The molecule has 4 aromatic rings. The number of ether oxygens (including phenoxy) is 1. The van der Waals surface area contributed by atoms with Gasteiger partial charge in [0.1, 0.15) is 0 Å². The van der Waals surface area contributed by atoms with Gasteiger partial charge in [0.25, 0.3) is 5.56 Å². The zero-order valence-electron chi connectivity index (χ0n) is 19.2. The average molecular weight is 445 g/mol. The predicted molar refractivity (Wildman–Crippen MR) is 128 cm³/mol. The van der Waals surface area contributed by atoms with E-state index >= 15 is 0 Å². The maximum Gasteiger partial charge on any atom is 0.337 e. The standard InChI is InChI=1S/C26H28N4O3/c1-17-9-7-10-18(2)22(17)30-24-23(25(31)28(26(30)32)15-21-13-8-14-33-21)29(16-27-24)19(3)20-11-5-4-6-12-20/h4-7,9-12,16,19,21H,8,13-15H2,1-3H3. The summed E-state index contributed by atoms with van der Waals surface area (Å²) >= 11 is 0. The minimum Gasteiger partial charge on any atom is -0.376 e. The Morgan fingerprint density at radius 3 is 2.45 bits per heavy atom. The predicted octanol–water partition coefficient (Wildman–Crippen LogP) is 3.75. The number of aryl methyl sites for hydroxylation is 2. The third kappa shape index (κ3) is 3.62. The molecule has 7 nitrogen and oxygen atoms in total. The topological polar surface area (TPSA) is 71.1 Å². The van der Waals surface area contributed by atoms with Gasteiger partial charge in [0, 0.05) is 6.61 Å². The largest absolute Gasteiger partial charge is 0.376 e. The number of para-hydroxylation sites is 1. The quantitative estimate of drug-likeness (QED) is 0.470. The van der Waals surface area contributed by atoms with Crippen LogP contribution in [0.15, 0.2) is 64.4 Å². The van der Waals surface area contributed by atoms with Crippen molar-refractivity contribution in [2.24, 2.45) is 0 Å². The summed E-state index contributed by atoms with van der Waals surface area (Å²) in [5.41, 5.74) is 3.84. The molecule has 3 heterocycles. The number of hydrogen-bond acceptors (Lipinski definition) is 4. The summed E-state index contributed by atoms with van der Waals surface area (Å²) in [5.74, 6) is 0. The van der Waals surface area contributed by atoms with E-state index < -0.39 is 0 Å². The number of imidazole rings is 1. The Bertz CT molecular complexity index is 1410. The fourth-order valence-corrected chi connectivity index (χ4v) is 4.85. The van der Waals surface area contributed by atoms with Crippen molar-refractivity contribution in [1.29, 1.82) is 0 Å². The number of aromatic nitrogens is 4. The van der Waals surface area contributed by atoms with Crippen LogP contribution in [0.1, 0.15) is 42.5 Å². The lowest BCUT2D eigenvalue weighted by atomic mass is 10.1. The summed E-state index contributed by atoms with van der Waals surface area (Å²) in [6.45, 7) is 6.88. The average Bonchev–Trinajstić information content (AvgIpc) is 3.49. The van der Waals surface area contributed by atoms with Gasteiger partial charge in [-0.05, 0) is 50.3 Å². The normalized spacial score (nSPS) is 17.0. The summed E-state index contributed by atoms with van der Waals surface area (Å²) in [6, 6.07) is 15.8. The molecule has 2 aromatic carbocycles. The van der Waals surface area contributed by atoms with Crippen molar-refractivity contribution < 1.29 is 4.74 Å². The lowest BCUT2D eigenvalue weighted by Gasteiger charge is -2.19. The maximum atomic E-state index is 13.8. The molecule has 0 aliphatic carbocycles. The van der Waals surface area contributed by atoms with Gasteiger partial charge in [0.05, 0.1) is 30.7 Å². The van der Waals surface area contributed by atoms with Crippen LogP contribution in [0.3, 0.4) is 0 Å². The van der Waals surface area contributed by atoms with Crippen LogP contribution < -0.4 is 11.2 Å². The summed E-state index contributed by atoms with van der Waals surface area (Å²) in [4.78, 5) is 32.1. The van der Waals surface area contributed by atoms with Gasteiger partial charge in [-0.15, -0.1) is 0 Å². The molecule has 1 fully saturated rings. The fraction of sp³-hybridized carbons (Fsp3) is 0.346. The third-order valence-corrected chi connectivity index (χ3v) is 6.63. The van der Waals surface area contributed by atoms with E-state index in [0.29, 0.717) is 17.8 Å². The van der Waals surface area contributed by atoms with Crippen molar-refractivity contribution in [3.63, 3.8) is 0 Å². The van der Waals surface area contributed by atoms with E-state index in [-0.39, 0.29) is 29.9 Å². The molecule has 1 aliphatic heterocycles. The van der Waals surface area contributed by atoms with Gasteiger partial charge in [-0.1, -0.05) is 48.5 Å². The highest BCUT2D eigenvalue weighted by molar-refractivity contribution is 5.73. The first-order valence-corrected chi connectivity index (χ1v) is 11.4. The van der Waals surface area contributed by atoms with Crippen LogP contribution >= 0.6 is 0 Å². The van der Waals surface area contributed by atoms with Gasteiger partial charge in [-0.2, -0.15) is 0 Å². The lowest BCUT2D eigenvalue weighted by Crippen LogP contribution is -2.42. The first-order chi connectivity index (χ1) is 16.0. The molecule has 0 bridgehead atoms. The number of hydrogen-bond donors (Lipinski definition) is 0. The molecule has 7 heteroatoms. The zero-order valence-corrected chi connectivity index (χ0v) is 19.2. The van der Waals surface area contributed by atoms with Crippen LogP contribution in [-0.4, -0.2) is 31.4 Å². The fourth-order valence-electron chi connectivity index (χ4n) is 4.85. The Labute approximate surface area is 191 Å². The lowest BCUT2D eigenvalue weighted by molar-refractivity contribution is 0.0950. The second-order valence-electron chi connectivity index (χ2n) is 8.82. The Morgan fingerprint density at radius 1 is 1.06 bits per heavy atom. The van der Waals surface area contributed by atoms with Crippen LogP contribution in [-0.2, 0) is 11.3 Å². The molecule has 0 amide bonds. The SMILES string of the molecule is Cc1cccc(C)c1-n1c(=O)n(CC2CCCO2)c(=O)c2c1ncn2C(C)c1ccccc1. The Hall–Kier alpha value is -3.45. The molecule has 0 spiro atoms. The Balaban J connectivity index is 1.81. The minimum absolute atomic E-state index is 0.121. The van der Waals surface area contributed by atoms with Crippen LogP contribution in [0.25, 0.3) is 16.9 Å². The molecular weight excluding hydrogens is 416 g/mol. The minimum atomic E-state index is -0.377. The second-order valence-corrected chi connectivity index (χ2v) is 8.82. The van der Waals surface area contributed by atoms with Crippen LogP contribution in [0, 0.1) is 13.8 Å². The molecular formula is C26H28N4O3. The number of benzene rings is 2. The molecule has 0 saturated carbocycles. The van der Waals surface area contributed by atoms with E-state index in [0.717, 1.165) is 35.2 Å². The van der Waals surface area contributed by atoms with Crippen LogP contribution in [0.5, 0.6) is 0 Å². The van der Waals surface area contributed by atoms with E-state index in [9.17, 15) is 9.59 Å². The van der Waals surface area contributed by atoms with Crippen molar-refractivity contribution in [2.45, 2.75) is 52.3 Å². The van der Waals surface area contributed by atoms with Crippen LogP contribution in [0.2, 0.25) is 0 Å². The highest BCUT2D eigenvalue weighted by atomic mass is 16.5. The molecule has 1 aliphatic rings. The first-order valence-electron chi connectivity index (χ1n) is 11.4. The molecule has 2 atom stereocenters. The van der Waals surface area contributed by atoms with Gasteiger partial charge in [0.15, 0.2) is 11.2 Å². The number of nitrogens with zero attached hydrogens (tertiary/aromatic N) is 4. The van der Waals surface area contributed by atoms with Crippen LogP contribution in [0.4, 0.5) is 0 Å². The van der Waals surface area contributed by atoms with Crippen molar-refractivity contribution in [3.05, 3.63) is 92.4 Å². The van der Waals surface area contributed by atoms with E-state index in [4.69, 9.17) is 4.74 Å². The van der Waals surface area contributed by atoms with E-state index in [2.05, 4.69) is 4.98 Å². The smallest absolute Gasteiger partial charge is 0.337 e. The van der Waals surface area contributed by atoms with Gasteiger partial charge in [0.2, 0.25) is 0 Å². The van der Waals surface area contributed by atoms with Crippen molar-refractivity contribution in [2.75, 3.05) is 6.61 Å². The zero-order chi connectivity index (χ0) is 23.1. The molecule has 0 radical (unpaired) electrons. The van der Waals surface area contributed by atoms with E-state index in [1.165, 1.54) is 4.57 Å². The highest BCUT2D eigenvalue weighted by Gasteiger charge is 2.25. The first kappa shape index (κ1) is 21.4. The molecule has 2 aromatic heterocycles. The van der Waals surface area contributed by atoms with Crippen molar-refractivity contribution in [3.8, 4) is 5.69 Å². The summed E-state index contributed by atoms with van der Waals surface area (Å²) in [5, 5.41) is 0. The maximum absolute atomic E-state index is 13.8. The molecule has 170 valence electrons. The summed E-state index contributed by atoms with van der Waals surface area (Å²) in [6.07, 6.45) is 3.31. The molecule has 33 heavy (non-hydrogen) atoms. The Morgan fingerprint density at radius 2 is 1.79 bits per heavy atom. The van der Waals surface area contributed by atoms with E-state index in [1.807, 2.05) is 73.9 Å². The van der Waals surface area contributed by atoms with E-state index in [1.54, 1.807) is 10.9 Å². The molecule has 2 unspecified atom stereocenters. The summed E-state index contributed by atoms with van der Waals surface area (Å²) in [7, 11) is 0. The van der Waals surface area contributed by atoms with Gasteiger partial charge < -0.3 is 9.30 Å². The third-order valence-electron chi connectivity index (χ3n) is 6.63. The second kappa shape index (κ2) is 8.48. The van der Waals surface area contributed by atoms with Gasteiger partial charge in [-0.25, -0.2) is 14.3 Å².